The first-order valence-corrected chi connectivity index (χ1v) is 7.05. The van der Waals surface area contributed by atoms with Gasteiger partial charge in [-0.15, -0.1) is 0 Å². The van der Waals surface area contributed by atoms with Crippen LogP contribution in [0, 0.1) is 0 Å². The molecule has 0 aliphatic carbocycles. The molecule has 0 bridgehead atoms. The molecule has 124 valence electrons. The van der Waals surface area contributed by atoms with Gasteiger partial charge in [-0.25, -0.2) is 0 Å². The van der Waals surface area contributed by atoms with E-state index in [1.807, 2.05) is 0 Å². The lowest BCUT2D eigenvalue weighted by Gasteiger charge is -2.08. The van der Waals surface area contributed by atoms with Gasteiger partial charge in [0.2, 0.25) is 12.5 Å². The van der Waals surface area contributed by atoms with Crippen molar-refractivity contribution in [2.75, 3.05) is 13.9 Å². The number of hydrogen-bond donors (Lipinski definition) is 2. The predicted molar refractivity (Wildman–Crippen MR) is 82.2 cm³/mol. The van der Waals surface area contributed by atoms with Crippen molar-refractivity contribution in [1.82, 2.24) is 0 Å². The van der Waals surface area contributed by atoms with E-state index in [0.29, 0.717) is 17.2 Å². The first-order valence-electron chi connectivity index (χ1n) is 7.05. The molecule has 7 nitrogen and oxygen atoms in total. The second-order valence-electron chi connectivity index (χ2n) is 5.17. The summed E-state index contributed by atoms with van der Waals surface area (Å²) < 4.78 is 15.7. The number of carbonyl (C=O) groups excluding carboxylic acids is 2. The maximum Gasteiger partial charge on any atom is 0.231 e. The maximum absolute atomic E-state index is 12.4. The molecule has 2 aromatic rings. The Hall–Kier alpha value is -3.22. The summed E-state index contributed by atoms with van der Waals surface area (Å²) in [6, 6.07) is 6.44. The quantitative estimate of drug-likeness (QED) is 0.640. The molecule has 2 N–H and O–H groups in total. The highest BCUT2D eigenvalue weighted by atomic mass is 16.7. The number of aromatic hydroxyl groups is 2. The lowest BCUT2D eigenvalue weighted by atomic mass is 10.0. The van der Waals surface area contributed by atoms with E-state index in [1.165, 1.54) is 31.4 Å². The minimum atomic E-state index is -0.525. The number of methoxy groups -OCH3 is 1. The van der Waals surface area contributed by atoms with Crippen LogP contribution in [0.1, 0.15) is 27.1 Å². The Balaban J connectivity index is 1.83. The fourth-order valence-electron chi connectivity index (χ4n) is 2.40. The molecule has 0 atom stereocenters. The van der Waals surface area contributed by atoms with Crippen molar-refractivity contribution >= 4 is 11.6 Å². The third kappa shape index (κ3) is 2.96. The van der Waals surface area contributed by atoms with Crippen LogP contribution in [0.3, 0.4) is 0 Å². The van der Waals surface area contributed by atoms with Crippen LogP contribution >= 0.6 is 0 Å². The molecule has 2 aromatic carbocycles. The van der Waals surface area contributed by atoms with Gasteiger partial charge in [0.05, 0.1) is 13.5 Å². The highest BCUT2D eigenvalue weighted by molar-refractivity contribution is 6.14. The van der Waals surface area contributed by atoms with Gasteiger partial charge in [-0.05, 0) is 24.3 Å². The number of phenolic OH excluding ortho intramolecular Hbond substituents is 2. The van der Waals surface area contributed by atoms with Crippen LogP contribution in [0.2, 0.25) is 0 Å². The third-order valence-electron chi connectivity index (χ3n) is 3.53. The molecule has 1 aliphatic heterocycles. The minimum Gasteiger partial charge on any atom is -0.508 e. The van der Waals surface area contributed by atoms with Crippen molar-refractivity contribution in [3.05, 3.63) is 41.5 Å². The van der Waals surface area contributed by atoms with Crippen molar-refractivity contribution in [2.24, 2.45) is 0 Å². The molecule has 0 aromatic heterocycles. The van der Waals surface area contributed by atoms with Crippen LogP contribution in [0.25, 0.3) is 0 Å². The topological polar surface area (TPSA) is 102 Å². The first kappa shape index (κ1) is 15.7. The van der Waals surface area contributed by atoms with E-state index in [2.05, 4.69) is 0 Å². The average Bonchev–Trinajstić information content (AvgIpc) is 3.01. The number of phenols is 2. The molecule has 0 saturated heterocycles. The van der Waals surface area contributed by atoms with Gasteiger partial charge in [-0.3, -0.25) is 9.59 Å². The van der Waals surface area contributed by atoms with E-state index >= 15 is 0 Å². The monoisotopic (exact) mass is 330 g/mol. The van der Waals surface area contributed by atoms with Crippen molar-refractivity contribution < 1.29 is 34.0 Å². The van der Waals surface area contributed by atoms with E-state index in [9.17, 15) is 19.8 Å². The molecule has 0 radical (unpaired) electrons. The summed E-state index contributed by atoms with van der Waals surface area (Å²) >= 11 is 0. The Kier molecular flexibility index (Phi) is 3.99. The second kappa shape index (κ2) is 6.11. The van der Waals surface area contributed by atoms with Crippen LogP contribution in [-0.4, -0.2) is 35.7 Å². The zero-order chi connectivity index (χ0) is 17.3. The largest absolute Gasteiger partial charge is 0.508 e. The molecule has 0 amide bonds. The van der Waals surface area contributed by atoms with E-state index in [1.54, 1.807) is 0 Å². The molecule has 24 heavy (non-hydrogen) atoms. The van der Waals surface area contributed by atoms with Gasteiger partial charge in [-0.1, -0.05) is 0 Å². The van der Waals surface area contributed by atoms with Gasteiger partial charge < -0.3 is 24.4 Å². The zero-order valence-corrected chi connectivity index (χ0v) is 12.7. The number of carbonyl (C=O) groups is 2. The predicted octanol–water partition coefficient (Wildman–Crippen LogP) is 2.29. The standard InChI is InChI=1S/C17H14O7/c1-22-15-4-10(5-16-17(15)24-8-23-16)14(21)7-13(20)9-2-11(18)6-12(19)3-9/h2-6,18-19H,7-8H2,1H3. The highest BCUT2D eigenvalue weighted by Gasteiger charge is 2.23. The number of fused-ring (bicyclic) bond motifs is 1. The van der Waals surface area contributed by atoms with Gasteiger partial charge >= 0.3 is 0 Å². The molecule has 0 spiro atoms. The van der Waals surface area contributed by atoms with Crippen LogP contribution < -0.4 is 14.2 Å². The lowest BCUT2D eigenvalue weighted by molar-refractivity contribution is 0.0893. The number of ether oxygens (including phenoxy) is 3. The van der Waals surface area contributed by atoms with Gasteiger partial charge in [0, 0.05) is 17.2 Å². The fraction of sp³-hybridized carbons (Fsp3) is 0.176. The van der Waals surface area contributed by atoms with Crippen LogP contribution in [0.15, 0.2) is 30.3 Å². The number of ketones is 2. The Morgan fingerprint density at radius 2 is 1.62 bits per heavy atom. The van der Waals surface area contributed by atoms with Crippen LogP contribution in [-0.2, 0) is 0 Å². The molecular weight excluding hydrogens is 316 g/mol. The Morgan fingerprint density at radius 3 is 2.25 bits per heavy atom. The van der Waals surface area contributed by atoms with Gasteiger partial charge in [0.25, 0.3) is 0 Å². The normalized spacial score (nSPS) is 12.0. The van der Waals surface area contributed by atoms with Crippen molar-refractivity contribution in [1.29, 1.82) is 0 Å². The molecular formula is C17H14O7. The Bertz CT molecular complexity index is 806. The smallest absolute Gasteiger partial charge is 0.231 e. The molecule has 0 unspecified atom stereocenters. The number of Topliss-reactive ketones (excluding diaryl/α,β-unsaturated/α-hetero) is 2. The summed E-state index contributed by atoms with van der Waals surface area (Å²) in [5, 5.41) is 18.8. The minimum absolute atomic E-state index is 0.0326. The zero-order valence-electron chi connectivity index (χ0n) is 12.7. The highest BCUT2D eigenvalue weighted by Crippen LogP contribution is 2.42. The van der Waals surface area contributed by atoms with Gasteiger partial charge in [-0.2, -0.15) is 0 Å². The van der Waals surface area contributed by atoms with Crippen LogP contribution in [0.4, 0.5) is 0 Å². The van der Waals surface area contributed by atoms with Crippen molar-refractivity contribution in [3.63, 3.8) is 0 Å². The molecule has 0 fully saturated rings. The van der Waals surface area contributed by atoms with Gasteiger partial charge in [0.1, 0.15) is 11.5 Å². The summed E-state index contributed by atoms with van der Waals surface area (Å²) in [4.78, 5) is 24.6. The van der Waals surface area contributed by atoms with E-state index < -0.39 is 18.0 Å². The van der Waals surface area contributed by atoms with E-state index in [0.717, 1.165) is 6.07 Å². The lowest BCUT2D eigenvalue weighted by Crippen LogP contribution is -2.09. The van der Waals surface area contributed by atoms with Crippen molar-refractivity contribution in [3.8, 4) is 28.7 Å². The summed E-state index contributed by atoms with van der Waals surface area (Å²) in [7, 11) is 1.44. The third-order valence-corrected chi connectivity index (χ3v) is 3.53. The molecule has 1 aliphatic rings. The van der Waals surface area contributed by atoms with E-state index in [-0.39, 0.29) is 29.4 Å². The molecule has 7 heteroatoms. The fourth-order valence-corrected chi connectivity index (χ4v) is 2.40. The summed E-state index contributed by atoms with van der Waals surface area (Å²) in [5.41, 5.74) is 0.294. The number of rotatable bonds is 5. The molecule has 0 saturated carbocycles. The van der Waals surface area contributed by atoms with Gasteiger partial charge in [0.15, 0.2) is 23.1 Å². The maximum atomic E-state index is 12.4. The molecule has 1 heterocycles. The molecule has 3 rings (SSSR count). The summed E-state index contributed by atoms with van der Waals surface area (Å²) in [5.74, 6) is -0.345. The number of benzene rings is 2. The summed E-state index contributed by atoms with van der Waals surface area (Å²) in [6.45, 7) is 0.0326. The summed E-state index contributed by atoms with van der Waals surface area (Å²) in [6.07, 6.45) is -0.425. The Morgan fingerprint density at radius 1 is 1.00 bits per heavy atom. The second-order valence-corrected chi connectivity index (χ2v) is 5.17. The average molecular weight is 330 g/mol. The van der Waals surface area contributed by atoms with Crippen LogP contribution in [0.5, 0.6) is 28.7 Å². The van der Waals surface area contributed by atoms with E-state index in [4.69, 9.17) is 14.2 Å². The number of hydrogen-bond acceptors (Lipinski definition) is 7. The SMILES string of the molecule is COc1cc(C(=O)CC(=O)c2cc(O)cc(O)c2)cc2c1OCO2. The first-order chi connectivity index (χ1) is 11.5. The van der Waals surface area contributed by atoms with Crippen molar-refractivity contribution in [2.45, 2.75) is 6.42 Å². The Labute approximate surface area is 137 Å².